The molecule has 0 aliphatic heterocycles. The third-order valence-corrected chi connectivity index (χ3v) is 4.28. The molecule has 0 bridgehead atoms. The summed E-state index contributed by atoms with van der Waals surface area (Å²) in [7, 11) is -9.18. The zero-order valence-electron chi connectivity index (χ0n) is 7.67. The maximum absolute atomic E-state index is 10.8. The number of hydrogen-bond acceptors (Lipinski definition) is 4. The molecule has 0 saturated heterocycles. The SMILES string of the molecule is O=P(O)(O)CC(CCC(O)O)P(=O)(O)O. The van der Waals surface area contributed by atoms with Crippen LogP contribution in [0.5, 0.6) is 0 Å². The summed E-state index contributed by atoms with van der Waals surface area (Å²) in [5.74, 6) is 0. The first kappa shape index (κ1) is 15.2. The maximum Gasteiger partial charge on any atom is 0.329 e. The van der Waals surface area contributed by atoms with Gasteiger partial charge >= 0.3 is 15.2 Å². The van der Waals surface area contributed by atoms with E-state index in [0.29, 0.717) is 0 Å². The second kappa shape index (κ2) is 5.52. The zero-order chi connectivity index (χ0) is 12.3. The Morgan fingerprint density at radius 2 is 1.40 bits per heavy atom. The van der Waals surface area contributed by atoms with Crippen LogP contribution in [0.25, 0.3) is 0 Å². The molecule has 1 unspecified atom stereocenters. The Balaban J connectivity index is 4.48. The molecule has 0 heterocycles. The average Bonchev–Trinajstić information content (AvgIpc) is 1.93. The molecule has 1 atom stereocenters. The van der Waals surface area contributed by atoms with Crippen LogP contribution in [0.2, 0.25) is 0 Å². The minimum absolute atomic E-state index is 0.351. The lowest BCUT2D eigenvalue weighted by molar-refractivity contribution is -0.0463. The number of rotatable bonds is 6. The summed E-state index contributed by atoms with van der Waals surface area (Å²) in [6, 6.07) is 0. The highest BCUT2D eigenvalue weighted by atomic mass is 31.2. The molecule has 8 nitrogen and oxygen atoms in total. The van der Waals surface area contributed by atoms with Gasteiger partial charge in [-0.15, -0.1) is 0 Å². The molecule has 0 aliphatic rings. The highest BCUT2D eigenvalue weighted by Gasteiger charge is 2.34. The summed E-state index contributed by atoms with van der Waals surface area (Å²) in [4.78, 5) is 34.6. The molecule has 15 heavy (non-hydrogen) atoms. The summed E-state index contributed by atoms with van der Waals surface area (Å²) in [5, 5.41) is 16.9. The Hall–Kier alpha value is 0.220. The number of aliphatic hydroxyl groups excluding tert-OH is 1. The van der Waals surface area contributed by atoms with Gasteiger partial charge in [0.25, 0.3) is 0 Å². The van der Waals surface area contributed by atoms with Crippen molar-refractivity contribution in [3.05, 3.63) is 0 Å². The highest BCUT2D eigenvalue weighted by Crippen LogP contribution is 2.50. The number of aliphatic hydroxyl groups is 2. The molecule has 0 saturated carbocycles. The summed E-state index contributed by atoms with van der Waals surface area (Å²) < 4.78 is 21.4. The molecule has 6 N–H and O–H groups in total. The van der Waals surface area contributed by atoms with Crippen molar-refractivity contribution in [2.45, 2.75) is 24.8 Å². The molecular formula is C5H14O8P2. The fourth-order valence-electron chi connectivity index (χ4n) is 0.982. The largest absolute Gasteiger partial charge is 0.368 e. The lowest BCUT2D eigenvalue weighted by Crippen LogP contribution is -2.17. The Labute approximate surface area is 85.9 Å². The van der Waals surface area contributed by atoms with E-state index in [1.54, 1.807) is 0 Å². The van der Waals surface area contributed by atoms with Crippen LogP contribution in [-0.4, -0.2) is 47.9 Å². The molecular weight excluding hydrogens is 250 g/mol. The van der Waals surface area contributed by atoms with Gasteiger partial charge < -0.3 is 29.8 Å². The van der Waals surface area contributed by atoms with Crippen LogP contribution in [0.3, 0.4) is 0 Å². The molecule has 92 valence electrons. The second-order valence-electron chi connectivity index (χ2n) is 3.15. The van der Waals surface area contributed by atoms with E-state index in [-0.39, 0.29) is 12.8 Å². The van der Waals surface area contributed by atoms with Gasteiger partial charge in [0.1, 0.15) is 0 Å². The molecule has 0 fully saturated rings. The van der Waals surface area contributed by atoms with Gasteiger partial charge in [-0.3, -0.25) is 9.13 Å². The smallest absolute Gasteiger partial charge is 0.329 e. The van der Waals surface area contributed by atoms with Crippen LogP contribution >= 0.6 is 15.2 Å². The Morgan fingerprint density at radius 1 is 0.933 bits per heavy atom. The van der Waals surface area contributed by atoms with Gasteiger partial charge in [0.2, 0.25) is 0 Å². The highest BCUT2D eigenvalue weighted by molar-refractivity contribution is 7.56. The molecule has 0 aromatic heterocycles. The van der Waals surface area contributed by atoms with Crippen molar-refractivity contribution < 1.29 is 38.9 Å². The molecule has 0 aromatic carbocycles. The lowest BCUT2D eigenvalue weighted by atomic mass is 10.2. The van der Waals surface area contributed by atoms with Crippen molar-refractivity contribution in [3.8, 4) is 0 Å². The predicted octanol–water partition coefficient (Wildman–Crippen LogP) is -1.20. The van der Waals surface area contributed by atoms with Gasteiger partial charge in [-0.05, 0) is 12.8 Å². The molecule has 0 aromatic rings. The Morgan fingerprint density at radius 3 is 1.67 bits per heavy atom. The molecule has 0 spiro atoms. The van der Waals surface area contributed by atoms with Crippen molar-refractivity contribution in [2.75, 3.05) is 6.16 Å². The van der Waals surface area contributed by atoms with Crippen LogP contribution in [0, 0.1) is 0 Å². The van der Waals surface area contributed by atoms with Crippen molar-refractivity contribution in [2.24, 2.45) is 0 Å². The van der Waals surface area contributed by atoms with Crippen LogP contribution in [0.1, 0.15) is 12.8 Å². The first-order valence-corrected chi connectivity index (χ1v) is 7.46. The third-order valence-electron chi connectivity index (χ3n) is 1.68. The number of hydrogen-bond donors (Lipinski definition) is 6. The van der Waals surface area contributed by atoms with E-state index in [2.05, 4.69) is 0 Å². The Kier molecular flexibility index (Phi) is 5.60. The van der Waals surface area contributed by atoms with Crippen molar-refractivity contribution in [3.63, 3.8) is 0 Å². The van der Waals surface area contributed by atoms with Gasteiger partial charge in [-0.2, -0.15) is 0 Å². The standard InChI is InChI=1S/C5H14O8P2/c6-5(7)2-1-4(15(11,12)13)3-14(8,9)10/h4-7H,1-3H2,(H2,8,9,10)(H2,11,12,13). The Bertz CT molecular complexity index is 277. The molecule has 10 heteroatoms. The monoisotopic (exact) mass is 264 g/mol. The second-order valence-corrected chi connectivity index (χ2v) is 6.75. The molecule has 0 amide bonds. The molecule has 0 aliphatic carbocycles. The fourth-order valence-corrected chi connectivity index (χ4v) is 3.69. The van der Waals surface area contributed by atoms with E-state index in [9.17, 15) is 9.13 Å². The minimum atomic E-state index is -4.64. The van der Waals surface area contributed by atoms with E-state index < -0.39 is 33.3 Å². The van der Waals surface area contributed by atoms with Crippen LogP contribution in [-0.2, 0) is 9.13 Å². The van der Waals surface area contributed by atoms with Gasteiger partial charge in [0, 0.05) is 0 Å². The van der Waals surface area contributed by atoms with E-state index in [1.807, 2.05) is 0 Å². The third kappa shape index (κ3) is 8.07. The van der Waals surface area contributed by atoms with Gasteiger partial charge in [0.15, 0.2) is 6.29 Å². The van der Waals surface area contributed by atoms with Crippen LogP contribution < -0.4 is 0 Å². The minimum Gasteiger partial charge on any atom is -0.368 e. The van der Waals surface area contributed by atoms with E-state index >= 15 is 0 Å². The van der Waals surface area contributed by atoms with E-state index in [0.717, 1.165) is 0 Å². The summed E-state index contributed by atoms with van der Waals surface area (Å²) >= 11 is 0. The molecule has 0 radical (unpaired) electrons. The van der Waals surface area contributed by atoms with Crippen molar-refractivity contribution in [1.82, 2.24) is 0 Å². The van der Waals surface area contributed by atoms with Gasteiger partial charge in [0.05, 0.1) is 11.8 Å². The first-order chi connectivity index (χ1) is 6.52. The van der Waals surface area contributed by atoms with Gasteiger partial charge in [-0.25, -0.2) is 0 Å². The normalized spacial score (nSPS) is 15.7. The van der Waals surface area contributed by atoms with Gasteiger partial charge in [-0.1, -0.05) is 0 Å². The van der Waals surface area contributed by atoms with Crippen molar-refractivity contribution in [1.29, 1.82) is 0 Å². The quantitative estimate of drug-likeness (QED) is 0.258. The zero-order valence-corrected chi connectivity index (χ0v) is 9.46. The van der Waals surface area contributed by atoms with E-state index in [4.69, 9.17) is 29.8 Å². The molecule has 0 rings (SSSR count). The summed E-state index contributed by atoms with van der Waals surface area (Å²) in [6.45, 7) is 0. The first-order valence-electron chi connectivity index (χ1n) is 3.98. The van der Waals surface area contributed by atoms with Crippen LogP contribution in [0.4, 0.5) is 0 Å². The van der Waals surface area contributed by atoms with Crippen LogP contribution in [0.15, 0.2) is 0 Å². The summed E-state index contributed by atoms with van der Waals surface area (Å²) in [6.07, 6.45) is -3.44. The lowest BCUT2D eigenvalue weighted by Gasteiger charge is -2.19. The van der Waals surface area contributed by atoms with E-state index in [1.165, 1.54) is 0 Å². The predicted molar refractivity (Wildman–Crippen MR) is 50.2 cm³/mol. The fraction of sp³-hybridized carbons (Fsp3) is 1.00. The maximum atomic E-state index is 10.8. The average molecular weight is 264 g/mol. The summed E-state index contributed by atoms with van der Waals surface area (Å²) in [5.41, 5.74) is -1.56. The van der Waals surface area contributed by atoms with Crippen molar-refractivity contribution >= 4 is 15.2 Å². The topological polar surface area (TPSA) is 156 Å².